The third-order valence-electron chi connectivity index (χ3n) is 3.55. The van der Waals surface area contributed by atoms with Gasteiger partial charge in [-0.3, -0.25) is 4.79 Å². The van der Waals surface area contributed by atoms with Crippen molar-refractivity contribution in [2.45, 2.75) is 39.0 Å². The molecule has 0 fully saturated rings. The maximum Gasteiger partial charge on any atom is 0.255 e. The molecule has 0 bridgehead atoms. The van der Waals surface area contributed by atoms with Gasteiger partial charge in [0.1, 0.15) is 0 Å². The summed E-state index contributed by atoms with van der Waals surface area (Å²) >= 11 is 0. The number of benzene rings is 1. The summed E-state index contributed by atoms with van der Waals surface area (Å²) in [6, 6.07) is 7.49. The largest absolute Gasteiger partial charge is 0.389 e. The van der Waals surface area contributed by atoms with Crippen LogP contribution in [0.25, 0.3) is 10.8 Å². The molecule has 0 aliphatic rings. The van der Waals surface area contributed by atoms with Crippen molar-refractivity contribution in [3.05, 3.63) is 46.4 Å². The molecule has 3 N–H and O–H groups in total. The number of rotatable bonds is 4. The molecule has 4 nitrogen and oxygen atoms in total. The summed E-state index contributed by atoms with van der Waals surface area (Å²) in [5.41, 5.74) is 0.166. The number of aromatic amines is 1. The minimum absolute atomic E-state index is 0.0433. The highest BCUT2D eigenvalue weighted by molar-refractivity contribution is 5.84. The lowest BCUT2D eigenvalue weighted by molar-refractivity contribution is 0.0437. The quantitative estimate of drug-likeness (QED) is 0.785. The van der Waals surface area contributed by atoms with Crippen molar-refractivity contribution in [2.24, 2.45) is 0 Å². The van der Waals surface area contributed by atoms with Crippen molar-refractivity contribution in [1.82, 2.24) is 10.3 Å². The fourth-order valence-electron chi connectivity index (χ4n) is 1.93. The molecule has 2 rings (SSSR count). The third-order valence-corrected chi connectivity index (χ3v) is 3.55. The van der Waals surface area contributed by atoms with Crippen LogP contribution in [-0.4, -0.2) is 21.7 Å². The fraction of sp³-hybridized carbons (Fsp3) is 0.400. The van der Waals surface area contributed by atoms with E-state index < -0.39 is 5.60 Å². The highest BCUT2D eigenvalue weighted by atomic mass is 16.3. The molecule has 1 atom stereocenters. The number of aromatic nitrogens is 1. The Labute approximate surface area is 112 Å². The zero-order valence-electron chi connectivity index (χ0n) is 11.5. The van der Waals surface area contributed by atoms with Crippen LogP contribution in [0.5, 0.6) is 0 Å². The zero-order chi connectivity index (χ0) is 14.0. The number of pyridine rings is 1. The second kappa shape index (κ2) is 5.15. The molecule has 0 spiro atoms. The van der Waals surface area contributed by atoms with E-state index in [1.165, 1.54) is 0 Å². The van der Waals surface area contributed by atoms with E-state index >= 15 is 0 Å². The van der Waals surface area contributed by atoms with Crippen LogP contribution < -0.4 is 10.9 Å². The molecule has 102 valence electrons. The highest BCUT2D eigenvalue weighted by Gasteiger charge is 2.21. The van der Waals surface area contributed by atoms with E-state index in [1.807, 2.05) is 31.2 Å². The Morgan fingerprint density at radius 1 is 1.32 bits per heavy atom. The minimum atomic E-state index is -0.780. The average Bonchev–Trinajstić information content (AvgIpc) is 2.37. The fourth-order valence-corrected chi connectivity index (χ4v) is 1.93. The van der Waals surface area contributed by atoms with Gasteiger partial charge < -0.3 is 15.4 Å². The predicted octanol–water partition coefficient (Wildman–Crippen LogP) is 1.78. The van der Waals surface area contributed by atoms with Crippen molar-refractivity contribution in [3.63, 3.8) is 0 Å². The molecule has 0 saturated carbocycles. The summed E-state index contributed by atoms with van der Waals surface area (Å²) in [4.78, 5) is 14.5. The summed E-state index contributed by atoms with van der Waals surface area (Å²) < 4.78 is 0. The normalized spacial score (nSPS) is 13.7. The van der Waals surface area contributed by atoms with Crippen LogP contribution in [-0.2, 0) is 6.54 Å². The van der Waals surface area contributed by atoms with Gasteiger partial charge in [0.15, 0.2) is 0 Å². The van der Waals surface area contributed by atoms with Crippen LogP contribution in [0.1, 0.15) is 26.3 Å². The van der Waals surface area contributed by atoms with E-state index in [0.717, 1.165) is 10.9 Å². The number of fused-ring (bicyclic) bond motifs is 1. The molecule has 0 amide bonds. The summed E-state index contributed by atoms with van der Waals surface area (Å²) in [6.07, 6.45) is 1.73. The summed E-state index contributed by atoms with van der Waals surface area (Å²) in [5, 5.41) is 14.8. The van der Waals surface area contributed by atoms with E-state index in [2.05, 4.69) is 10.3 Å². The maximum atomic E-state index is 11.7. The Balaban J connectivity index is 2.27. The molecule has 0 saturated heterocycles. The van der Waals surface area contributed by atoms with E-state index in [-0.39, 0.29) is 11.6 Å². The molecule has 0 aliphatic heterocycles. The summed E-state index contributed by atoms with van der Waals surface area (Å²) in [6.45, 7) is 6.08. The predicted molar refractivity (Wildman–Crippen MR) is 77.2 cm³/mol. The van der Waals surface area contributed by atoms with Gasteiger partial charge in [-0.05, 0) is 37.8 Å². The van der Waals surface area contributed by atoms with Crippen LogP contribution in [0.4, 0.5) is 0 Å². The molecular formula is C15H20N2O2. The number of aliphatic hydroxyl groups is 1. The van der Waals surface area contributed by atoms with Gasteiger partial charge in [0.25, 0.3) is 5.56 Å². The van der Waals surface area contributed by atoms with Crippen molar-refractivity contribution >= 4 is 10.8 Å². The van der Waals surface area contributed by atoms with Gasteiger partial charge in [0, 0.05) is 24.2 Å². The van der Waals surface area contributed by atoms with Gasteiger partial charge in [0.05, 0.1) is 5.60 Å². The maximum absolute atomic E-state index is 11.7. The SMILES string of the molecule is CC(NCc1c[nH]c(=O)c2ccccc12)C(C)(C)O. The van der Waals surface area contributed by atoms with Gasteiger partial charge in [-0.15, -0.1) is 0 Å². The highest BCUT2D eigenvalue weighted by Crippen LogP contribution is 2.15. The van der Waals surface area contributed by atoms with Crippen molar-refractivity contribution in [3.8, 4) is 0 Å². The molecule has 19 heavy (non-hydrogen) atoms. The number of hydrogen-bond donors (Lipinski definition) is 3. The topological polar surface area (TPSA) is 65.1 Å². The number of H-pyrrole nitrogens is 1. The van der Waals surface area contributed by atoms with Crippen LogP contribution >= 0.6 is 0 Å². The first-order chi connectivity index (χ1) is 8.89. The lowest BCUT2D eigenvalue weighted by Gasteiger charge is -2.27. The van der Waals surface area contributed by atoms with Gasteiger partial charge in [-0.1, -0.05) is 18.2 Å². The average molecular weight is 260 g/mol. The van der Waals surface area contributed by atoms with Crippen molar-refractivity contribution in [2.75, 3.05) is 0 Å². The van der Waals surface area contributed by atoms with Crippen molar-refractivity contribution in [1.29, 1.82) is 0 Å². The van der Waals surface area contributed by atoms with Gasteiger partial charge in [-0.25, -0.2) is 0 Å². The van der Waals surface area contributed by atoms with Gasteiger partial charge in [-0.2, -0.15) is 0 Å². The van der Waals surface area contributed by atoms with Crippen molar-refractivity contribution < 1.29 is 5.11 Å². The number of nitrogens with one attached hydrogen (secondary N) is 2. The molecule has 1 aromatic heterocycles. The molecule has 1 unspecified atom stereocenters. The third kappa shape index (κ3) is 3.03. The lowest BCUT2D eigenvalue weighted by Crippen LogP contribution is -2.44. The molecule has 1 aromatic carbocycles. The molecule has 2 aromatic rings. The zero-order valence-corrected chi connectivity index (χ0v) is 11.5. The van der Waals surface area contributed by atoms with E-state index in [9.17, 15) is 9.90 Å². The molecular weight excluding hydrogens is 240 g/mol. The lowest BCUT2D eigenvalue weighted by atomic mass is 10.0. The van der Waals surface area contributed by atoms with E-state index in [4.69, 9.17) is 0 Å². The second-order valence-electron chi connectivity index (χ2n) is 5.44. The first-order valence-corrected chi connectivity index (χ1v) is 6.44. The van der Waals surface area contributed by atoms with E-state index in [0.29, 0.717) is 11.9 Å². The minimum Gasteiger partial charge on any atom is -0.389 e. The molecule has 1 heterocycles. The Morgan fingerprint density at radius 3 is 2.58 bits per heavy atom. The van der Waals surface area contributed by atoms with E-state index in [1.54, 1.807) is 20.0 Å². The molecule has 0 aliphatic carbocycles. The van der Waals surface area contributed by atoms with Gasteiger partial charge >= 0.3 is 0 Å². The summed E-state index contributed by atoms with van der Waals surface area (Å²) in [7, 11) is 0. The second-order valence-corrected chi connectivity index (χ2v) is 5.44. The Bertz CT molecular complexity index is 626. The molecule has 0 radical (unpaired) electrons. The Hall–Kier alpha value is -1.65. The monoisotopic (exact) mass is 260 g/mol. The first kappa shape index (κ1) is 13.8. The summed E-state index contributed by atoms with van der Waals surface area (Å²) in [5.74, 6) is 0. The Kier molecular flexibility index (Phi) is 3.73. The number of hydrogen-bond acceptors (Lipinski definition) is 3. The van der Waals surface area contributed by atoms with Crippen LogP contribution in [0.15, 0.2) is 35.3 Å². The molecule has 4 heteroatoms. The first-order valence-electron chi connectivity index (χ1n) is 6.44. The standard InChI is InChI=1S/C15H20N2O2/c1-10(15(2,3)19)16-8-11-9-17-14(18)13-7-5-4-6-12(11)13/h4-7,9-10,16,19H,8H2,1-3H3,(H,17,18). The van der Waals surface area contributed by atoms with Crippen LogP contribution in [0.2, 0.25) is 0 Å². The van der Waals surface area contributed by atoms with Gasteiger partial charge in [0.2, 0.25) is 0 Å². The van der Waals surface area contributed by atoms with Crippen LogP contribution in [0.3, 0.4) is 0 Å². The van der Waals surface area contributed by atoms with Crippen LogP contribution in [0, 0.1) is 0 Å². The Morgan fingerprint density at radius 2 is 1.95 bits per heavy atom. The smallest absolute Gasteiger partial charge is 0.255 e.